The lowest BCUT2D eigenvalue weighted by molar-refractivity contribution is -0.122. The van der Waals surface area contributed by atoms with Crippen molar-refractivity contribution in [1.82, 2.24) is 5.32 Å². The molecule has 0 aliphatic carbocycles. The van der Waals surface area contributed by atoms with Gasteiger partial charge < -0.3 is 14.4 Å². The summed E-state index contributed by atoms with van der Waals surface area (Å²) >= 11 is 5.61. The Morgan fingerprint density at radius 3 is 2.02 bits per heavy atom. The number of halogens is 2. The number of carbonyl (C=O) groups excluding carboxylic acids is 3. The van der Waals surface area contributed by atoms with Crippen LogP contribution in [0.4, 0.5) is 16.2 Å². The summed E-state index contributed by atoms with van der Waals surface area (Å²) in [7, 11) is 1.54. The van der Waals surface area contributed by atoms with Crippen LogP contribution >= 0.6 is 38.5 Å². The Bertz CT molecular complexity index is 2190. The second kappa shape index (κ2) is 14.8. The molecule has 3 aliphatic heterocycles. The van der Waals surface area contributed by atoms with Gasteiger partial charge in [0.25, 0.3) is 11.8 Å². The number of urea groups is 1. The average molecular weight is 881 g/mol. The van der Waals surface area contributed by atoms with Crippen LogP contribution in [0.15, 0.2) is 119 Å². The average Bonchev–Trinajstić information content (AvgIpc) is 3.17. The highest BCUT2D eigenvalue weighted by atomic mass is 127. The highest BCUT2D eigenvalue weighted by molar-refractivity contribution is 14.1. The van der Waals surface area contributed by atoms with Crippen molar-refractivity contribution in [3.05, 3.63) is 156 Å². The van der Waals surface area contributed by atoms with Gasteiger partial charge in [-0.1, -0.05) is 88.7 Å². The summed E-state index contributed by atoms with van der Waals surface area (Å²) in [5.74, 6) is -0.284. The van der Waals surface area contributed by atoms with E-state index in [2.05, 4.69) is 73.0 Å². The monoisotopic (exact) mass is 879 g/mol. The van der Waals surface area contributed by atoms with Crippen molar-refractivity contribution in [2.24, 2.45) is 0 Å². The molecule has 3 aliphatic rings. The molecule has 0 radical (unpaired) electrons. The summed E-state index contributed by atoms with van der Waals surface area (Å²) in [6, 6.07) is 35.4. The number of rotatable bonds is 8. The maximum Gasteiger partial charge on any atom is 0.335 e. The number of hydrogen-bond acceptors (Lipinski definition) is 6. The van der Waals surface area contributed by atoms with E-state index in [0.717, 1.165) is 55.6 Å². The maximum atomic E-state index is 14.4. The first-order chi connectivity index (χ1) is 25.8. The Kier molecular flexibility index (Phi) is 9.82. The molecule has 2 atom stereocenters. The Morgan fingerprint density at radius 2 is 1.43 bits per heavy atom. The molecule has 0 saturated carbocycles. The summed E-state index contributed by atoms with van der Waals surface area (Å²) < 4.78 is 13.6. The topological polar surface area (TPSA) is 88.2 Å². The molecular weight excluding hydrogens is 845 g/mol. The highest BCUT2D eigenvalue weighted by Gasteiger charge is 2.40. The molecule has 266 valence electrons. The number of methoxy groups -OCH3 is 1. The number of nitrogens with one attached hydrogen (secondary N) is 1. The number of imide groups is 2. The number of barbiturate groups is 1. The molecule has 3 heterocycles. The number of nitrogens with zero attached hydrogens (tertiary/aromatic N) is 2. The van der Waals surface area contributed by atoms with Gasteiger partial charge in [-0.25, -0.2) is 9.69 Å². The van der Waals surface area contributed by atoms with Crippen LogP contribution in [0.1, 0.15) is 58.1 Å². The van der Waals surface area contributed by atoms with Gasteiger partial charge in [0.05, 0.1) is 16.4 Å². The predicted octanol–water partition coefficient (Wildman–Crippen LogP) is 9.19. The summed E-state index contributed by atoms with van der Waals surface area (Å²) in [6.45, 7) is 2.16. The zero-order valence-corrected chi connectivity index (χ0v) is 32.6. The third kappa shape index (κ3) is 6.86. The number of ether oxygens (including phenoxy) is 2. The molecule has 8 rings (SSSR count). The largest absolute Gasteiger partial charge is 0.493 e. The minimum atomic E-state index is -0.774. The van der Waals surface area contributed by atoms with Crippen LogP contribution in [0, 0.1) is 3.57 Å². The minimum Gasteiger partial charge on any atom is -0.493 e. The van der Waals surface area contributed by atoms with Crippen LogP contribution in [0.2, 0.25) is 0 Å². The lowest BCUT2D eigenvalue weighted by Crippen LogP contribution is -2.54. The highest BCUT2D eigenvalue weighted by Crippen LogP contribution is 2.50. The van der Waals surface area contributed by atoms with Gasteiger partial charge in [-0.15, -0.1) is 0 Å². The van der Waals surface area contributed by atoms with E-state index in [1.54, 1.807) is 13.2 Å². The zero-order valence-electron chi connectivity index (χ0n) is 28.9. The minimum absolute atomic E-state index is 0.0781. The van der Waals surface area contributed by atoms with Gasteiger partial charge in [0.1, 0.15) is 12.2 Å². The molecule has 0 spiro atoms. The van der Waals surface area contributed by atoms with E-state index in [9.17, 15) is 14.4 Å². The normalized spacial score (nSPS) is 18.8. The molecule has 5 aromatic carbocycles. The van der Waals surface area contributed by atoms with E-state index in [1.165, 1.54) is 22.9 Å². The summed E-state index contributed by atoms with van der Waals surface area (Å²) in [6.07, 6.45) is 3.32. The van der Waals surface area contributed by atoms with Crippen LogP contribution in [-0.4, -0.2) is 38.0 Å². The number of amides is 4. The summed E-state index contributed by atoms with van der Waals surface area (Å²) in [5, 5.41) is 2.44. The molecule has 1 N–H and O–H groups in total. The van der Waals surface area contributed by atoms with Crippen molar-refractivity contribution in [3.63, 3.8) is 0 Å². The van der Waals surface area contributed by atoms with Crippen molar-refractivity contribution in [1.29, 1.82) is 0 Å². The fraction of sp³-hybridized carbons (Fsp3) is 0.186. The standard InChI is InChI=1S/C43H35BrIN3O5/c1-52-38-22-27(21-37(45)40(38)53-25-26-12-14-30(44)15-13-26)20-36-41(49)46-43(51)48(42(36)50)31-23-34-32(28-8-4-2-5-9-28)16-18-47-19-17-33(35(24-31)39(34)47)29-10-6-3-7-11-29/h2-15,20-24,32-33H,16-19,25H2,1H3,(H,46,49,51)/b36-20+/t32-,33+. The van der Waals surface area contributed by atoms with Crippen molar-refractivity contribution in [3.8, 4) is 11.5 Å². The molecule has 1 saturated heterocycles. The van der Waals surface area contributed by atoms with Crippen molar-refractivity contribution in [2.45, 2.75) is 31.3 Å². The van der Waals surface area contributed by atoms with Crippen LogP contribution in [0.3, 0.4) is 0 Å². The first-order valence-corrected chi connectivity index (χ1v) is 19.3. The van der Waals surface area contributed by atoms with Crippen LogP contribution in [0.25, 0.3) is 6.08 Å². The van der Waals surface area contributed by atoms with E-state index in [4.69, 9.17) is 9.47 Å². The zero-order chi connectivity index (χ0) is 36.6. The first-order valence-electron chi connectivity index (χ1n) is 17.5. The lowest BCUT2D eigenvalue weighted by atomic mass is 9.76. The molecule has 1 fully saturated rings. The third-order valence-electron chi connectivity index (χ3n) is 10.2. The van der Waals surface area contributed by atoms with Crippen LogP contribution < -0.4 is 24.6 Å². The van der Waals surface area contributed by atoms with E-state index < -0.39 is 17.8 Å². The van der Waals surface area contributed by atoms with Gasteiger partial charge in [0.15, 0.2) is 11.5 Å². The van der Waals surface area contributed by atoms with E-state index in [-0.39, 0.29) is 17.4 Å². The fourth-order valence-corrected chi connectivity index (χ4v) is 8.77. The van der Waals surface area contributed by atoms with Crippen molar-refractivity contribution in [2.75, 3.05) is 30.0 Å². The summed E-state index contributed by atoms with van der Waals surface area (Å²) in [5.41, 5.74) is 7.54. The van der Waals surface area contributed by atoms with Crippen molar-refractivity contribution >= 4 is 73.8 Å². The smallest absolute Gasteiger partial charge is 0.335 e. The molecule has 0 unspecified atom stereocenters. The molecule has 53 heavy (non-hydrogen) atoms. The van der Waals surface area contributed by atoms with Gasteiger partial charge >= 0.3 is 6.03 Å². The Morgan fingerprint density at radius 1 is 0.830 bits per heavy atom. The fourth-order valence-electron chi connectivity index (χ4n) is 7.73. The van der Waals surface area contributed by atoms with Gasteiger partial charge in [0.2, 0.25) is 0 Å². The van der Waals surface area contributed by atoms with E-state index >= 15 is 0 Å². The van der Waals surface area contributed by atoms with E-state index in [1.807, 2.05) is 78.9 Å². The first kappa shape index (κ1) is 35.1. The second-order valence-electron chi connectivity index (χ2n) is 13.4. The SMILES string of the molecule is COc1cc(/C=C2\C(=O)NC(=O)N(c3cc4c5c(c3)[C@H](c3ccccc3)CCN5CC[C@@H]4c3ccccc3)C2=O)cc(I)c1OCc1ccc(Br)cc1. The Hall–Kier alpha value is -4.94. The molecule has 4 amide bonds. The molecule has 0 bridgehead atoms. The number of benzene rings is 5. The van der Waals surface area contributed by atoms with Crippen LogP contribution in [-0.2, 0) is 16.2 Å². The number of carbonyl (C=O) groups is 3. The van der Waals surface area contributed by atoms with E-state index in [0.29, 0.717) is 29.4 Å². The van der Waals surface area contributed by atoms with Gasteiger partial charge in [-0.2, -0.15) is 0 Å². The Labute approximate surface area is 330 Å². The molecule has 5 aromatic rings. The van der Waals surface area contributed by atoms with Gasteiger partial charge in [0, 0.05) is 35.1 Å². The molecule has 10 heteroatoms. The summed E-state index contributed by atoms with van der Waals surface area (Å²) in [4.78, 5) is 45.0. The van der Waals surface area contributed by atoms with Crippen LogP contribution in [0.5, 0.6) is 11.5 Å². The predicted molar refractivity (Wildman–Crippen MR) is 218 cm³/mol. The van der Waals surface area contributed by atoms with Gasteiger partial charge in [-0.05, 0) is 111 Å². The third-order valence-corrected chi connectivity index (χ3v) is 11.5. The Balaban J connectivity index is 1.18. The second-order valence-corrected chi connectivity index (χ2v) is 15.4. The van der Waals surface area contributed by atoms with Crippen molar-refractivity contribution < 1.29 is 23.9 Å². The number of hydrogen-bond donors (Lipinski definition) is 1. The number of anilines is 2. The quantitative estimate of drug-likeness (QED) is 0.0951. The van der Waals surface area contributed by atoms with Gasteiger partial charge in [-0.3, -0.25) is 14.9 Å². The lowest BCUT2D eigenvalue weighted by Gasteiger charge is -2.44. The molecular formula is C43H35BrIN3O5. The molecule has 0 aromatic heterocycles. The maximum absolute atomic E-state index is 14.4. The molecule has 8 nitrogen and oxygen atoms in total.